The van der Waals surface area contributed by atoms with Gasteiger partial charge >= 0.3 is 0 Å². The van der Waals surface area contributed by atoms with Gasteiger partial charge < -0.3 is 15.5 Å². The lowest BCUT2D eigenvalue weighted by Crippen LogP contribution is -2.45. The second-order valence-corrected chi connectivity index (χ2v) is 7.82. The van der Waals surface area contributed by atoms with Gasteiger partial charge in [-0.1, -0.05) is 12.8 Å². The van der Waals surface area contributed by atoms with E-state index in [9.17, 15) is 4.79 Å². The Kier molecular flexibility index (Phi) is 6.73. The Morgan fingerprint density at radius 2 is 2.20 bits per heavy atom. The summed E-state index contributed by atoms with van der Waals surface area (Å²) < 4.78 is 0. The summed E-state index contributed by atoms with van der Waals surface area (Å²) >= 11 is 1.73. The summed E-state index contributed by atoms with van der Waals surface area (Å²) in [6.45, 7) is 5.40. The van der Waals surface area contributed by atoms with Crippen molar-refractivity contribution >= 4 is 23.2 Å². The van der Waals surface area contributed by atoms with E-state index < -0.39 is 0 Å². The number of aliphatic imine (C=N–C) groups is 1. The lowest BCUT2D eigenvalue weighted by Gasteiger charge is -2.21. The SMILES string of the molecule is CCNC(=NCCc1ccsc1)NC1CCN(C(=O)C2CCCC2)C1. The molecule has 5 nitrogen and oxygen atoms in total. The van der Waals surface area contributed by atoms with Crippen molar-refractivity contribution in [3.8, 4) is 0 Å². The van der Waals surface area contributed by atoms with E-state index in [0.717, 1.165) is 57.8 Å². The molecular weight excluding hydrogens is 332 g/mol. The van der Waals surface area contributed by atoms with Crippen molar-refractivity contribution in [2.24, 2.45) is 10.9 Å². The molecule has 0 radical (unpaired) electrons. The summed E-state index contributed by atoms with van der Waals surface area (Å²) in [5, 5.41) is 11.1. The summed E-state index contributed by atoms with van der Waals surface area (Å²) in [6.07, 6.45) is 6.57. The van der Waals surface area contributed by atoms with Crippen molar-refractivity contribution in [3.05, 3.63) is 22.4 Å². The molecule has 1 aliphatic carbocycles. The van der Waals surface area contributed by atoms with Crippen LogP contribution < -0.4 is 10.6 Å². The molecule has 6 heteroatoms. The van der Waals surface area contributed by atoms with E-state index in [4.69, 9.17) is 4.99 Å². The zero-order chi connectivity index (χ0) is 17.5. The summed E-state index contributed by atoms with van der Waals surface area (Å²) in [5.41, 5.74) is 1.35. The van der Waals surface area contributed by atoms with Crippen molar-refractivity contribution in [1.82, 2.24) is 15.5 Å². The maximum Gasteiger partial charge on any atom is 0.225 e. The van der Waals surface area contributed by atoms with Crippen molar-refractivity contribution in [2.75, 3.05) is 26.2 Å². The highest BCUT2D eigenvalue weighted by Gasteiger charge is 2.32. The Morgan fingerprint density at radius 1 is 1.36 bits per heavy atom. The fraction of sp³-hybridized carbons (Fsp3) is 0.684. The minimum absolute atomic E-state index is 0.284. The normalized spacial score (nSPS) is 21.7. The highest BCUT2D eigenvalue weighted by atomic mass is 32.1. The number of hydrogen-bond acceptors (Lipinski definition) is 3. The number of guanidine groups is 1. The van der Waals surface area contributed by atoms with Gasteiger partial charge in [0.25, 0.3) is 0 Å². The van der Waals surface area contributed by atoms with Crippen LogP contribution in [0.15, 0.2) is 21.8 Å². The zero-order valence-electron chi connectivity index (χ0n) is 15.2. The first-order chi connectivity index (χ1) is 12.3. The highest BCUT2D eigenvalue weighted by Crippen LogP contribution is 2.27. The Bertz CT molecular complexity index is 566. The molecule has 1 atom stereocenters. The molecule has 1 saturated heterocycles. The van der Waals surface area contributed by atoms with Gasteiger partial charge in [-0.15, -0.1) is 0 Å². The average Bonchev–Trinajstić information content (AvgIpc) is 3.37. The van der Waals surface area contributed by atoms with E-state index in [0.29, 0.717) is 11.9 Å². The molecule has 1 amide bonds. The van der Waals surface area contributed by atoms with Crippen LogP contribution in [-0.2, 0) is 11.2 Å². The molecule has 1 aromatic rings. The minimum Gasteiger partial charge on any atom is -0.357 e. The fourth-order valence-electron chi connectivity index (χ4n) is 3.75. The Morgan fingerprint density at radius 3 is 2.92 bits per heavy atom. The quantitative estimate of drug-likeness (QED) is 0.604. The molecule has 1 saturated carbocycles. The van der Waals surface area contributed by atoms with Crippen LogP contribution in [0.5, 0.6) is 0 Å². The number of amides is 1. The molecule has 2 fully saturated rings. The van der Waals surface area contributed by atoms with Crippen LogP contribution in [0.25, 0.3) is 0 Å². The second kappa shape index (κ2) is 9.22. The van der Waals surface area contributed by atoms with Crippen LogP contribution in [-0.4, -0.2) is 49.0 Å². The number of carbonyl (C=O) groups is 1. The van der Waals surface area contributed by atoms with Crippen molar-refractivity contribution in [1.29, 1.82) is 0 Å². The van der Waals surface area contributed by atoms with Gasteiger partial charge in [0.2, 0.25) is 5.91 Å². The predicted molar refractivity (Wildman–Crippen MR) is 104 cm³/mol. The van der Waals surface area contributed by atoms with Crippen LogP contribution in [0.3, 0.4) is 0 Å². The van der Waals surface area contributed by atoms with Gasteiger partial charge in [0.05, 0.1) is 0 Å². The molecule has 2 heterocycles. The van der Waals surface area contributed by atoms with Crippen LogP contribution in [0.1, 0.15) is 44.6 Å². The van der Waals surface area contributed by atoms with E-state index in [1.165, 1.54) is 18.4 Å². The fourth-order valence-corrected chi connectivity index (χ4v) is 4.46. The first-order valence-corrected chi connectivity index (χ1v) is 10.5. The van der Waals surface area contributed by atoms with Gasteiger partial charge in [0, 0.05) is 38.1 Å². The molecule has 1 aliphatic heterocycles. The molecular formula is C19H30N4OS. The summed E-state index contributed by atoms with van der Waals surface area (Å²) in [4.78, 5) is 19.3. The lowest BCUT2D eigenvalue weighted by molar-refractivity contribution is -0.134. The minimum atomic E-state index is 0.284. The third-order valence-electron chi connectivity index (χ3n) is 5.14. The maximum absolute atomic E-state index is 12.6. The molecule has 2 aliphatic rings. The van der Waals surface area contributed by atoms with E-state index in [1.54, 1.807) is 11.3 Å². The Balaban J connectivity index is 1.47. The van der Waals surface area contributed by atoms with Crippen LogP contribution in [0.4, 0.5) is 0 Å². The van der Waals surface area contributed by atoms with Gasteiger partial charge in [-0.3, -0.25) is 9.79 Å². The first-order valence-electron chi connectivity index (χ1n) is 9.61. The van der Waals surface area contributed by atoms with Crippen molar-refractivity contribution < 1.29 is 4.79 Å². The lowest BCUT2D eigenvalue weighted by atomic mass is 10.1. The van der Waals surface area contributed by atoms with Crippen molar-refractivity contribution in [3.63, 3.8) is 0 Å². The predicted octanol–water partition coefficient (Wildman–Crippen LogP) is 2.64. The molecule has 2 N–H and O–H groups in total. The second-order valence-electron chi connectivity index (χ2n) is 7.04. The topological polar surface area (TPSA) is 56.7 Å². The third-order valence-corrected chi connectivity index (χ3v) is 5.87. The largest absolute Gasteiger partial charge is 0.357 e. The molecule has 0 bridgehead atoms. The summed E-state index contributed by atoms with van der Waals surface area (Å²) in [6, 6.07) is 2.47. The number of nitrogens with zero attached hydrogens (tertiary/aromatic N) is 2. The van der Waals surface area contributed by atoms with Crippen LogP contribution in [0, 0.1) is 5.92 Å². The smallest absolute Gasteiger partial charge is 0.225 e. The number of nitrogens with one attached hydrogen (secondary N) is 2. The molecule has 3 rings (SSSR count). The molecule has 25 heavy (non-hydrogen) atoms. The van der Waals surface area contributed by atoms with Crippen molar-refractivity contribution in [2.45, 2.75) is 51.5 Å². The van der Waals surface area contributed by atoms with Gasteiger partial charge in [-0.2, -0.15) is 11.3 Å². The van der Waals surface area contributed by atoms with Crippen LogP contribution >= 0.6 is 11.3 Å². The van der Waals surface area contributed by atoms with Gasteiger partial charge in [-0.05, 0) is 55.0 Å². The highest BCUT2D eigenvalue weighted by molar-refractivity contribution is 7.07. The number of hydrogen-bond donors (Lipinski definition) is 2. The van der Waals surface area contributed by atoms with E-state index in [-0.39, 0.29) is 5.92 Å². The van der Waals surface area contributed by atoms with Crippen LogP contribution in [0.2, 0.25) is 0 Å². The van der Waals surface area contributed by atoms with E-state index in [2.05, 4.69) is 39.3 Å². The number of thiophene rings is 1. The molecule has 0 aromatic carbocycles. The monoisotopic (exact) mass is 362 g/mol. The standard InChI is InChI=1S/C19H30N4OS/c1-2-20-19(21-10-7-15-9-12-25-14-15)22-17-8-11-23(13-17)18(24)16-5-3-4-6-16/h9,12,14,16-17H,2-8,10-11,13H2,1H3,(H2,20,21,22). The van der Waals surface area contributed by atoms with Gasteiger partial charge in [0.15, 0.2) is 5.96 Å². The van der Waals surface area contributed by atoms with E-state index >= 15 is 0 Å². The molecule has 0 spiro atoms. The summed E-state index contributed by atoms with van der Waals surface area (Å²) in [5.74, 6) is 1.53. The Labute approximate surface area is 154 Å². The van der Waals surface area contributed by atoms with Gasteiger partial charge in [-0.25, -0.2) is 0 Å². The zero-order valence-corrected chi connectivity index (χ0v) is 16.0. The third kappa shape index (κ3) is 5.21. The number of carbonyl (C=O) groups excluding carboxylic acids is 1. The first kappa shape index (κ1) is 18.2. The maximum atomic E-state index is 12.6. The molecule has 1 aromatic heterocycles. The Hall–Kier alpha value is -1.56. The van der Waals surface area contributed by atoms with Gasteiger partial charge in [0.1, 0.15) is 0 Å². The number of likely N-dealkylation sites (tertiary alicyclic amines) is 1. The molecule has 138 valence electrons. The molecule has 1 unspecified atom stereocenters. The number of rotatable bonds is 6. The summed E-state index contributed by atoms with van der Waals surface area (Å²) in [7, 11) is 0. The average molecular weight is 363 g/mol. The van der Waals surface area contributed by atoms with E-state index in [1.807, 2.05) is 0 Å².